The minimum Gasteiger partial charge on any atom is -0.455 e. The van der Waals surface area contributed by atoms with Crippen LogP contribution in [0, 0.1) is 11.3 Å². The largest absolute Gasteiger partial charge is 0.455 e. The maximum atomic E-state index is 12.0. The summed E-state index contributed by atoms with van der Waals surface area (Å²) < 4.78 is 11.3. The number of benzene rings is 1. The van der Waals surface area contributed by atoms with E-state index in [0.29, 0.717) is 30.0 Å². The molecule has 0 fully saturated rings. The second-order valence-electron chi connectivity index (χ2n) is 7.20. The Hall–Kier alpha value is -3.07. The van der Waals surface area contributed by atoms with Crippen LogP contribution in [0.4, 0.5) is 4.79 Å². The maximum Gasteiger partial charge on any atom is 0.407 e. The highest BCUT2D eigenvalue weighted by molar-refractivity contribution is 5.67. The second kappa shape index (κ2) is 7.04. The molecule has 2 aromatic rings. The van der Waals surface area contributed by atoms with Crippen molar-refractivity contribution < 1.29 is 14.3 Å². The van der Waals surface area contributed by atoms with Crippen LogP contribution < -0.4 is 10.1 Å². The summed E-state index contributed by atoms with van der Waals surface area (Å²) in [6, 6.07) is 11.2. The fourth-order valence-electron chi connectivity index (χ4n) is 2.86. The third kappa shape index (κ3) is 4.12. The van der Waals surface area contributed by atoms with Crippen LogP contribution in [0.2, 0.25) is 0 Å². The van der Waals surface area contributed by atoms with Crippen molar-refractivity contribution in [2.24, 2.45) is 0 Å². The van der Waals surface area contributed by atoms with E-state index in [1.165, 1.54) is 0 Å². The fraction of sp³-hybridized carbons (Fsp3) is 0.350. The van der Waals surface area contributed by atoms with E-state index in [1.54, 1.807) is 18.3 Å². The SMILES string of the molecule is CC(C)(C)OC(=O)NC[C@@H]1Cc2ncccc2Oc2ccc(C#N)cc21. The Morgan fingerprint density at radius 1 is 1.38 bits per heavy atom. The quantitative estimate of drug-likeness (QED) is 0.887. The molecule has 0 aliphatic carbocycles. The highest BCUT2D eigenvalue weighted by Crippen LogP contribution is 2.38. The van der Waals surface area contributed by atoms with Gasteiger partial charge in [-0.25, -0.2) is 4.79 Å². The van der Waals surface area contributed by atoms with Crippen molar-refractivity contribution in [2.45, 2.75) is 38.7 Å². The second-order valence-corrected chi connectivity index (χ2v) is 7.20. The summed E-state index contributed by atoms with van der Waals surface area (Å²) in [4.78, 5) is 16.4. The van der Waals surface area contributed by atoms with Crippen molar-refractivity contribution >= 4 is 6.09 Å². The van der Waals surface area contributed by atoms with Crippen molar-refractivity contribution in [3.05, 3.63) is 53.3 Å². The van der Waals surface area contributed by atoms with Gasteiger partial charge in [0.2, 0.25) is 0 Å². The normalized spacial score (nSPS) is 15.5. The van der Waals surface area contributed by atoms with E-state index in [1.807, 2.05) is 39.0 Å². The van der Waals surface area contributed by atoms with Gasteiger partial charge in [0.1, 0.15) is 17.1 Å². The number of carbonyl (C=O) groups excluding carboxylic acids is 1. The molecule has 0 saturated carbocycles. The Morgan fingerprint density at radius 2 is 2.19 bits per heavy atom. The third-order valence-corrected chi connectivity index (χ3v) is 3.98. The predicted octanol–water partition coefficient (Wildman–Crippen LogP) is 3.91. The maximum absolute atomic E-state index is 12.0. The number of pyridine rings is 1. The molecule has 2 heterocycles. The van der Waals surface area contributed by atoms with Gasteiger partial charge >= 0.3 is 6.09 Å². The summed E-state index contributed by atoms with van der Waals surface area (Å²) in [6.07, 6.45) is 1.84. The van der Waals surface area contributed by atoms with Gasteiger partial charge in [-0.2, -0.15) is 5.26 Å². The summed E-state index contributed by atoms with van der Waals surface area (Å²) in [5.41, 5.74) is 1.68. The topological polar surface area (TPSA) is 84.2 Å². The van der Waals surface area contributed by atoms with Crippen LogP contribution in [0.25, 0.3) is 0 Å². The zero-order valence-electron chi connectivity index (χ0n) is 15.1. The predicted molar refractivity (Wildman–Crippen MR) is 96.1 cm³/mol. The lowest BCUT2D eigenvalue weighted by Gasteiger charge is -2.22. The number of rotatable bonds is 2. The molecule has 26 heavy (non-hydrogen) atoms. The monoisotopic (exact) mass is 351 g/mol. The smallest absolute Gasteiger partial charge is 0.407 e. The van der Waals surface area contributed by atoms with Gasteiger partial charge in [0, 0.05) is 30.6 Å². The van der Waals surface area contributed by atoms with E-state index in [9.17, 15) is 10.1 Å². The number of ether oxygens (including phenoxy) is 2. The molecule has 0 bridgehead atoms. The standard InChI is InChI=1S/C20H21N3O3/c1-20(2,3)26-19(24)23-12-14-10-16-18(5-4-8-22-16)25-17-7-6-13(11-21)9-15(14)17/h4-9,14H,10,12H2,1-3H3,(H,23,24)/t14-/m0/s1. The van der Waals surface area contributed by atoms with E-state index in [2.05, 4.69) is 16.4 Å². The van der Waals surface area contributed by atoms with E-state index in [4.69, 9.17) is 9.47 Å². The Morgan fingerprint density at radius 3 is 2.92 bits per heavy atom. The number of aromatic nitrogens is 1. The molecule has 6 heteroatoms. The molecular formula is C20H21N3O3. The van der Waals surface area contributed by atoms with Gasteiger partial charge in [-0.3, -0.25) is 4.98 Å². The number of nitrogens with zero attached hydrogens (tertiary/aromatic N) is 2. The molecule has 134 valence electrons. The molecule has 0 unspecified atom stereocenters. The Balaban J connectivity index is 1.88. The molecule has 1 aromatic carbocycles. The molecular weight excluding hydrogens is 330 g/mol. The number of amides is 1. The molecule has 0 saturated heterocycles. The highest BCUT2D eigenvalue weighted by Gasteiger charge is 2.26. The van der Waals surface area contributed by atoms with Crippen molar-refractivity contribution in [1.29, 1.82) is 5.26 Å². The fourth-order valence-corrected chi connectivity index (χ4v) is 2.86. The Labute approximate surface area is 152 Å². The summed E-state index contributed by atoms with van der Waals surface area (Å²) in [5, 5.41) is 12.0. The average Bonchev–Trinajstić information content (AvgIpc) is 2.74. The van der Waals surface area contributed by atoms with Crippen molar-refractivity contribution in [3.63, 3.8) is 0 Å². The lowest BCUT2D eigenvalue weighted by molar-refractivity contribution is 0.0524. The Kier molecular flexibility index (Phi) is 4.81. The summed E-state index contributed by atoms with van der Waals surface area (Å²) in [7, 11) is 0. The molecule has 1 amide bonds. The van der Waals surface area contributed by atoms with E-state index in [-0.39, 0.29) is 5.92 Å². The first-order chi connectivity index (χ1) is 12.4. The molecule has 1 aliphatic heterocycles. The summed E-state index contributed by atoms with van der Waals surface area (Å²) in [6.45, 7) is 5.82. The van der Waals surface area contributed by atoms with Crippen molar-refractivity contribution in [2.75, 3.05) is 6.54 Å². The highest BCUT2D eigenvalue weighted by atomic mass is 16.6. The minimum atomic E-state index is -0.559. The first-order valence-electron chi connectivity index (χ1n) is 8.48. The van der Waals surface area contributed by atoms with Gasteiger partial charge in [0.25, 0.3) is 0 Å². The van der Waals surface area contributed by atoms with Crippen molar-refractivity contribution in [1.82, 2.24) is 10.3 Å². The number of nitriles is 1. The zero-order chi connectivity index (χ0) is 18.7. The first kappa shape index (κ1) is 17.7. The van der Waals surface area contributed by atoms with Gasteiger partial charge in [-0.1, -0.05) is 0 Å². The van der Waals surface area contributed by atoms with Crippen LogP contribution in [-0.2, 0) is 11.2 Å². The van der Waals surface area contributed by atoms with E-state index in [0.717, 1.165) is 11.3 Å². The molecule has 0 spiro atoms. The third-order valence-electron chi connectivity index (χ3n) is 3.98. The molecule has 1 atom stereocenters. The van der Waals surface area contributed by atoms with Gasteiger partial charge in [0.05, 0.1) is 17.3 Å². The number of hydrogen-bond donors (Lipinski definition) is 1. The lowest BCUT2D eigenvalue weighted by Crippen LogP contribution is -2.35. The number of hydrogen-bond acceptors (Lipinski definition) is 5. The van der Waals surface area contributed by atoms with Gasteiger partial charge in [-0.15, -0.1) is 0 Å². The van der Waals surface area contributed by atoms with Crippen LogP contribution in [0.3, 0.4) is 0 Å². The van der Waals surface area contributed by atoms with Crippen LogP contribution >= 0.6 is 0 Å². The van der Waals surface area contributed by atoms with Crippen LogP contribution in [0.5, 0.6) is 11.5 Å². The molecule has 0 radical (unpaired) electrons. The van der Waals surface area contributed by atoms with E-state index >= 15 is 0 Å². The molecule has 1 aromatic heterocycles. The number of carbonyl (C=O) groups is 1. The molecule has 1 N–H and O–H groups in total. The lowest BCUT2D eigenvalue weighted by atomic mass is 9.92. The van der Waals surface area contributed by atoms with Crippen LogP contribution in [-0.4, -0.2) is 23.2 Å². The summed E-state index contributed by atoms with van der Waals surface area (Å²) >= 11 is 0. The van der Waals surface area contributed by atoms with Gasteiger partial charge < -0.3 is 14.8 Å². The molecule has 1 aliphatic rings. The Bertz CT molecular complexity index is 865. The molecule has 3 rings (SSSR count). The number of alkyl carbamates (subject to hydrolysis) is 1. The van der Waals surface area contributed by atoms with Crippen LogP contribution in [0.15, 0.2) is 36.5 Å². The number of nitrogens with one attached hydrogen (secondary N) is 1. The molecule has 6 nitrogen and oxygen atoms in total. The van der Waals surface area contributed by atoms with Gasteiger partial charge in [-0.05, 0) is 51.1 Å². The minimum absolute atomic E-state index is 0.0815. The van der Waals surface area contributed by atoms with Crippen molar-refractivity contribution in [3.8, 4) is 17.6 Å². The first-order valence-corrected chi connectivity index (χ1v) is 8.48. The van der Waals surface area contributed by atoms with E-state index < -0.39 is 11.7 Å². The zero-order valence-corrected chi connectivity index (χ0v) is 15.1. The average molecular weight is 351 g/mol. The van der Waals surface area contributed by atoms with Gasteiger partial charge in [0.15, 0.2) is 0 Å². The summed E-state index contributed by atoms with van der Waals surface area (Å²) in [5.74, 6) is 1.28. The number of fused-ring (bicyclic) bond motifs is 2. The van der Waals surface area contributed by atoms with Crippen LogP contribution in [0.1, 0.15) is 43.5 Å².